The van der Waals surface area contributed by atoms with Crippen LogP contribution in [0.3, 0.4) is 0 Å². The zero-order valence-electron chi connectivity index (χ0n) is 10.6. The third kappa shape index (κ3) is 2.75. The largest absolute Gasteiger partial charge is 0.468 e. The van der Waals surface area contributed by atoms with E-state index >= 15 is 0 Å². The maximum Gasteiger partial charge on any atom is 0.323 e. The number of esters is 1. The minimum absolute atomic E-state index is 0.0156. The fourth-order valence-electron chi connectivity index (χ4n) is 2.85. The molecule has 16 heavy (non-hydrogen) atoms. The van der Waals surface area contributed by atoms with Gasteiger partial charge in [0.15, 0.2) is 0 Å². The molecule has 4 atom stereocenters. The van der Waals surface area contributed by atoms with Gasteiger partial charge in [-0.2, -0.15) is 0 Å². The second-order valence-electron chi connectivity index (χ2n) is 4.33. The highest BCUT2D eigenvalue weighted by atomic mass is 31.0. The predicted molar refractivity (Wildman–Crippen MR) is 69.1 cm³/mol. The first-order valence-electron chi connectivity index (χ1n) is 6.35. The third-order valence-electron chi connectivity index (χ3n) is 3.61. The van der Waals surface area contributed by atoms with Crippen molar-refractivity contribution < 1.29 is 9.53 Å². The number of carbonyl (C=O) groups excluding carboxylic acids is 1. The Balaban J connectivity index is 0.000000606. The molecule has 2 fully saturated rings. The van der Waals surface area contributed by atoms with Crippen molar-refractivity contribution in [2.45, 2.75) is 58.0 Å². The van der Waals surface area contributed by atoms with Crippen molar-refractivity contribution in [3.05, 3.63) is 0 Å². The van der Waals surface area contributed by atoms with Crippen LogP contribution < -0.4 is 0 Å². The first-order valence-corrected chi connectivity index (χ1v) is 6.86. The van der Waals surface area contributed by atoms with Crippen LogP contribution in [0.2, 0.25) is 0 Å². The Labute approximate surface area is 101 Å². The SMILES string of the molecule is CC.COC(=O)C1CC2CCCCC2N1P. The summed E-state index contributed by atoms with van der Waals surface area (Å²) in [7, 11) is 4.19. The lowest BCUT2D eigenvalue weighted by molar-refractivity contribution is -0.144. The summed E-state index contributed by atoms with van der Waals surface area (Å²) in [5, 5.41) is 0. The third-order valence-corrected chi connectivity index (χ3v) is 4.35. The molecule has 2 rings (SSSR count). The molecule has 1 heterocycles. The molecule has 94 valence electrons. The van der Waals surface area contributed by atoms with Gasteiger partial charge in [0.2, 0.25) is 0 Å². The van der Waals surface area contributed by atoms with Crippen LogP contribution in [0.25, 0.3) is 0 Å². The predicted octanol–water partition coefficient (Wildman–Crippen LogP) is 2.61. The number of methoxy groups -OCH3 is 1. The zero-order valence-corrected chi connectivity index (χ0v) is 11.8. The molecule has 3 nitrogen and oxygen atoms in total. The lowest BCUT2D eigenvalue weighted by atomic mass is 9.85. The van der Waals surface area contributed by atoms with E-state index in [0.717, 1.165) is 6.42 Å². The summed E-state index contributed by atoms with van der Waals surface area (Å²) in [5.41, 5.74) is 0. The van der Waals surface area contributed by atoms with Crippen LogP contribution in [0.1, 0.15) is 46.0 Å². The summed E-state index contributed by atoms with van der Waals surface area (Å²) in [6.45, 7) is 4.00. The molecule has 0 spiro atoms. The molecular weight excluding hydrogens is 221 g/mol. The van der Waals surface area contributed by atoms with Crippen molar-refractivity contribution in [1.29, 1.82) is 0 Å². The van der Waals surface area contributed by atoms with Crippen LogP contribution in [0.5, 0.6) is 0 Å². The normalized spacial score (nSPS) is 33.6. The van der Waals surface area contributed by atoms with Gasteiger partial charge in [0.1, 0.15) is 6.04 Å². The van der Waals surface area contributed by atoms with Crippen LogP contribution in [0.4, 0.5) is 0 Å². The van der Waals surface area contributed by atoms with E-state index in [1.807, 2.05) is 13.8 Å². The number of rotatable bonds is 1. The van der Waals surface area contributed by atoms with Gasteiger partial charge in [-0.05, 0) is 25.2 Å². The molecule has 0 aromatic carbocycles. The molecule has 1 aliphatic carbocycles. The van der Waals surface area contributed by atoms with Crippen LogP contribution in [0.15, 0.2) is 0 Å². The van der Waals surface area contributed by atoms with Gasteiger partial charge in [-0.15, -0.1) is 0 Å². The molecule has 1 aliphatic heterocycles. The second kappa shape index (κ2) is 6.56. The number of ether oxygens (including phenoxy) is 1. The molecule has 2 aliphatic rings. The van der Waals surface area contributed by atoms with E-state index in [1.54, 1.807) is 0 Å². The van der Waals surface area contributed by atoms with E-state index in [2.05, 4.69) is 14.1 Å². The minimum atomic E-state index is -0.0746. The maximum absolute atomic E-state index is 11.5. The van der Waals surface area contributed by atoms with Crippen molar-refractivity contribution in [3.63, 3.8) is 0 Å². The van der Waals surface area contributed by atoms with Crippen LogP contribution >= 0.6 is 9.39 Å². The number of hydrogen-bond donors (Lipinski definition) is 0. The topological polar surface area (TPSA) is 29.5 Å². The fraction of sp³-hybridized carbons (Fsp3) is 0.917. The first-order chi connectivity index (χ1) is 7.74. The van der Waals surface area contributed by atoms with Crippen molar-refractivity contribution in [3.8, 4) is 0 Å². The first kappa shape index (κ1) is 13.9. The summed E-state index contributed by atoms with van der Waals surface area (Å²) in [5.74, 6) is 0.639. The Hall–Kier alpha value is -0.140. The Morgan fingerprint density at radius 1 is 1.31 bits per heavy atom. The number of nitrogens with zero attached hydrogens (tertiary/aromatic N) is 1. The molecule has 4 heteroatoms. The molecule has 0 radical (unpaired) electrons. The number of hydrogen-bond acceptors (Lipinski definition) is 3. The van der Waals surface area contributed by atoms with E-state index in [1.165, 1.54) is 32.8 Å². The van der Waals surface area contributed by atoms with E-state index in [0.29, 0.717) is 12.0 Å². The van der Waals surface area contributed by atoms with Crippen molar-refractivity contribution in [1.82, 2.24) is 4.67 Å². The molecule has 0 bridgehead atoms. The van der Waals surface area contributed by atoms with Crippen LogP contribution in [0, 0.1) is 5.92 Å². The van der Waals surface area contributed by atoms with Gasteiger partial charge in [-0.1, -0.05) is 36.1 Å². The Kier molecular flexibility index (Phi) is 5.71. The maximum atomic E-state index is 11.5. The van der Waals surface area contributed by atoms with Crippen LogP contribution in [-0.4, -0.2) is 29.8 Å². The van der Waals surface area contributed by atoms with Gasteiger partial charge >= 0.3 is 5.97 Å². The average Bonchev–Trinajstić information content (AvgIpc) is 2.69. The summed E-state index contributed by atoms with van der Waals surface area (Å²) in [6, 6.07) is 0.580. The van der Waals surface area contributed by atoms with Gasteiger partial charge < -0.3 is 4.74 Å². The minimum Gasteiger partial charge on any atom is -0.468 e. The van der Waals surface area contributed by atoms with Gasteiger partial charge in [0.25, 0.3) is 0 Å². The van der Waals surface area contributed by atoms with Gasteiger partial charge in [0.05, 0.1) is 7.11 Å². The van der Waals surface area contributed by atoms with E-state index in [4.69, 9.17) is 4.74 Å². The Bertz CT molecular complexity index is 235. The van der Waals surface area contributed by atoms with Crippen molar-refractivity contribution >= 4 is 15.4 Å². The fourth-order valence-corrected chi connectivity index (χ4v) is 3.49. The molecule has 1 saturated carbocycles. The van der Waals surface area contributed by atoms with E-state index in [-0.39, 0.29) is 12.0 Å². The molecule has 4 unspecified atom stereocenters. The van der Waals surface area contributed by atoms with Gasteiger partial charge in [0, 0.05) is 6.04 Å². The summed E-state index contributed by atoms with van der Waals surface area (Å²) in [4.78, 5) is 11.5. The zero-order chi connectivity index (χ0) is 12.1. The second-order valence-corrected chi connectivity index (χ2v) is 4.93. The molecular formula is C12H24NO2P. The Morgan fingerprint density at radius 2 is 1.94 bits per heavy atom. The smallest absolute Gasteiger partial charge is 0.323 e. The molecule has 1 saturated heterocycles. The van der Waals surface area contributed by atoms with E-state index in [9.17, 15) is 4.79 Å². The van der Waals surface area contributed by atoms with Crippen molar-refractivity contribution in [2.75, 3.05) is 7.11 Å². The van der Waals surface area contributed by atoms with E-state index < -0.39 is 0 Å². The summed E-state index contributed by atoms with van der Waals surface area (Å²) in [6.07, 6.45) is 6.14. The highest BCUT2D eigenvalue weighted by molar-refractivity contribution is 7.13. The highest BCUT2D eigenvalue weighted by Crippen LogP contribution is 2.41. The lowest BCUT2D eigenvalue weighted by Crippen LogP contribution is -2.35. The molecule has 0 aromatic rings. The Morgan fingerprint density at radius 3 is 2.50 bits per heavy atom. The number of fused-ring (bicyclic) bond motifs is 1. The lowest BCUT2D eigenvalue weighted by Gasteiger charge is -2.29. The molecule has 0 amide bonds. The summed E-state index contributed by atoms with van der Waals surface area (Å²) < 4.78 is 6.97. The molecule has 0 N–H and O–H groups in total. The molecule has 0 aromatic heterocycles. The number of carbonyl (C=O) groups is 1. The van der Waals surface area contributed by atoms with Gasteiger partial charge in [-0.25, -0.2) is 0 Å². The van der Waals surface area contributed by atoms with Gasteiger partial charge in [-0.3, -0.25) is 9.46 Å². The summed E-state index contributed by atoms with van der Waals surface area (Å²) >= 11 is 0. The standard InChI is InChI=1S/C10H18NO2P.C2H6/c1-13-10(12)9-6-7-4-2-3-5-8(7)11(9)14;1-2/h7-9H,2-6,14H2,1H3;1-2H3. The monoisotopic (exact) mass is 245 g/mol. The van der Waals surface area contributed by atoms with Crippen molar-refractivity contribution in [2.24, 2.45) is 5.92 Å². The quantitative estimate of drug-likeness (QED) is 0.525. The van der Waals surface area contributed by atoms with Crippen LogP contribution in [-0.2, 0) is 9.53 Å². The average molecular weight is 245 g/mol. The highest BCUT2D eigenvalue weighted by Gasteiger charge is 2.43.